The van der Waals surface area contributed by atoms with Crippen LogP contribution in [0.15, 0.2) is 0 Å². The van der Waals surface area contributed by atoms with E-state index in [1.54, 1.807) is 4.90 Å². The highest BCUT2D eigenvalue weighted by molar-refractivity contribution is 5.74. The maximum atomic E-state index is 12.4. The number of hydrogen-bond donors (Lipinski definition) is 2. The predicted octanol–water partition coefficient (Wildman–Crippen LogP) is 2.06. The summed E-state index contributed by atoms with van der Waals surface area (Å²) in [5.41, 5.74) is 3.03. The zero-order valence-electron chi connectivity index (χ0n) is 13.0. The summed E-state index contributed by atoms with van der Waals surface area (Å²) in [5.74, 6) is -0.696. The minimum Gasteiger partial charge on any atom is -0.481 e. The van der Waals surface area contributed by atoms with E-state index in [-0.39, 0.29) is 18.4 Å². The lowest BCUT2D eigenvalue weighted by Gasteiger charge is -2.41. The third kappa shape index (κ3) is 4.33. The number of piperidine rings is 2. The van der Waals surface area contributed by atoms with E-state index in [0.29, 0.717) is 18.6 Å². The highest BCUT2D eigenvalue weighted by atomic mass is 16.4. The summed E-state index contributed by atoms with van der Waals surface area (Å²) < 4.78 is 0. The Morgan fingerprint density at radius 1 is 1.14 bits per heavy atom. The van der Waals surface area contributed by atoms with E-state index in [9.17, 15) is 9.59 Å². The summed E-state index contributed by atoms with van der Waals surface area (Å²) in [6.07, 6.45) is 5.35. The molecule has 21 heavy (non-hydrogen) atoms. The first-order valence-electron chi connectivity index (χ1n) is 8.03. The molecule has 2 aliphatic heterocycles. The third-order valence-corrected chi connectivity index (χ3v) is 4.69. The fraction of sp³-hybridized carbons (Fsp3) is 0.867. The number of urea groups is 1. The number of likely N-dealkylation sites (tertiary alicyclic amines) is 1. The molecule has 0 saturated carbocycles. The molecule has 3 unspecified atom stereocenters. The van der Waals surface area contributed by atoms with Crippen LogP contribution < -0.4 is 5.43 Å². The van der Waals surface area contributed by atoms with Gasteiger partial charge in [0.25, 0.3) is 0 Å². The minimum atomic E-state index is -0.777. The normalized spacial score (nSPS) is 31.0. The van der Waals surface area contributed by atoms with E-state index in [0.717, 1.165) is 32.2 Å². The van der Waals surface area contributed by atoms with Gasteiger partial charge in [0, 0.05) is 31.6 Å². The topological polar surface area (TPSA) is 72.9 Å². The van der Waals surface area contributed by atoms with Gasteiger partial charge in [-0.2, -0.15) is 0 Å². The predicted molar refractivity (Wildman–Crippen MR) is 79.7 cm³/mol. The fourth-order valence-corrected chi connectivity index (χ4v) is 3.49. The molecule has 0 aromatic carbocycles. The molecule has 0 spiro atoms. The first-order chi connectivity index (χ1) is 9.97. The maximum absolute atomic E-state index is 12.4. The van der Waals surface area contributed by atoms with Gasteiger partial charge in [0.1, 0.15) is 0 Å². The monoisotopic (exact) mass is 297 g/mol. The van der Waals surface area contributed by atoms with E-state index >= 15 is 0 Å². The zero-order chi connectivity index (χ0) is 15.4. The van der Waals surface area contributed by atoms with Gasteiger partial charge in [-0.3, -0.25) is 10.2 Å². The Morgan fingerprint density at radius 2 is 1.81 bits per heavy atom. The molecule has 0 bridgehead atoms. The van der Waals surface area contributed by atoms with Crippen LogP contribution in [0.5, 0.6) is 0 Å². The van der Waals surface area contributed by atoms with E-state index in [1.165, 1.54) is 6.42 Å². The first kappa shape index (κ1) is 16.1. The van der Waals surface area contributed by atoms with Gasteiger partial charge in [0.15, 0.2) is 0 Å². The molecular weight excluding hydrogens is 270 g/mol. The molecule has 3 atom stereocenters. The van der Waals surface area contributed by atoms with Crippen LogP contribution >= 0.6 is 0 Å². The van der Waals surface area contributed by atoms with Crippen LogP contribution in [0, 0.1) is 5.92 Å². The Labute approximate surface area is 126 Å². The number of rotatable bonds is 3. The first-order valence-corrected chi connectivity index (χ1v) is 8.03. The summed E-state index contributed by atoms with van der Waals surface area (Å²) >= 11 is 0. The summed E-state index contributed by atoms with van der Waals surface area (Å²) in [7, 11) is 0. The number of nitrogens with zero attached hydrogens (tertiary/aromatic N) is 2. The van der Waals surface area contributed by atoms with E-state index in [2.05, 4.69) is 24.3 Å². The molecule has 2 amide bonds. The largest absolute Gasteiger partial charge is 0.481 e. The highest BCUT2D eigenvalue weighted by Crippen LogP contribution is 2.22. The Morgan fingerprint density at radius 3 is 2.43 bits per heavy atom. The molecule has 0 aliphatic carbocycles. The lowest BCUT2D eigenvalue weighted by molar-refractivity contribution is -0.138. The van der Waals surface area contributed by atoms with Crippen molar-refractivity contribution in [3.05, 3.63) is 0 Å². The standard InChI is InChI=1S/C15H27N3O3/c1-11-5-3-6-12(2)18(11)16-15(21)17-8-4-7-13(10-17)9-14(19)20/h11-13H,3-10H2,1-2H3,(H,16,21)(H,19,20). The molecular formula is C15H27N3O3. The van der Waals surface area contributed by atoms with Crippen LogP contribution in [-0.2, 0) is 4.79 Å². The van der Waals surface area contributed by atoms with Gasteiger partial charge in [-0.15, -0.1) is 0 Å². The van der Waals surface area contributed by atoms with Crippen molar-refractivity contribution in [1.82, 2.24) is 15.3 Å². The lowest BCUT2D eigenvalue weighted by Crippen LogP contribution is -2.58. The van der Waals surface area contributed by atoms with Gasteiger partial charge in [-0.1, -0.05) is 6.42 Å². The number of carbonyl (C=O) groups excluding carboxylic acids is 1. The van der Waals surface area contributed by atoms with Crippen molar-refractivity contribution in [2.45, 2.75) is 64.5 Å². The van der Waals surface area contributed by atoms with Crippen molar-refractivity contribution in [1.29, 1.82) is 0 Å². The van der Waals surface area contributed by atoms with Crippen molar-refractivity contribution in [3.8, 4) is 0 Å². The molecule has 0 radical (unpaired) electrons. The van der Waals surface area contributed by atoms with E-state index in [1.807, 2.05) is 0 Å². The lowest BCUT2D eigenvalue weighted by atomic mass is 9.95. The van der Waals surface area contributed by atoms with Crippen molar-refractivity contribution < 1.29 is 14.7 Å². The molecule has 6 nitrogen and oxygen atoms in total. The van der Waals surface area contributed by atoms with Crippen LogP contribution in [-0.4, -0.2) is 52.2 Å². The number of aliphatic carboxylic acids is 1. The zero-order valence-corrected chi connectivity index (χ0v) is 13.0. The van der Waals surface area contributed by atoms with Gasteiger partial charge in [-0.25, -0.2) is 9.80 Å². The summed E-state index contributed by atoms with van der Waals surface area (Å²) in [5, 5.41) is 11.0. The highest BCUT2D eigenvalue weighted by Gasteiger charge is 2.30. The quantitative estimate of drug-likeness (QED) is 0.836. The Balaban J connectivity index is 1.88. The van der Waals surface area contributed by atoms with Crippen LogP contribution in [0.3, 0.4) is 0 Å². The molecule has 0 aromatic rings. The van der Waals surface area contributed by atoms with Gasteiger partial charge >= 0.3 is 12.0 Å². The molecule has 2 heterocycles. The number of carbonyl (C=O) groups is 2. The second kappa shape index (κ2) is 7.11. The molecule has 2 saturated heterocycles. The van der Waals surface area contributed by atoms with E-state index in [4.69, 9.17) is 5.11 Å². The van der Waals surface area contributed by atoms with Crippen molar-refractivity contribution in [2.24, 2.45) is 5.92 Å². The third-order valence-electron chi connectivity index (χ3n) is 4.69. The van der Waals surface area contributed by atoms with Crippen LogP contribution in [0.4, 0.5) is 4.79 Å². The molecule has 2 rings (SSSR count). The number of amides is 2. The molecule has 6 heteroatoms. The maximum Gasteiger partial charge on any atom is 0.331 e. The number of nitrogens with one attached hydrogen (secondary N) is 1. The second-order valence-corrected chi connectivity index (χ2v) is 6.51. The van der Waals surface area contributed by atoms with Gasteiger partial charge < -0.3 is 10.0 Å². The average molecular weight is 297 g/mol. The van der Waals surface area contributed by atoms with Crippen molar-refractivity contribution >= 4 is 12.0 Å². The number of hydrogen-bond acceptors (Lipinski definition) is 3. The van der Waals surface area contributed by atoms with Crippen LogP contribution in [0.1, 0.15) is 52.4 Å². The van der Waals surface area contributed by atoms with Gasteiger partial charge in [0.05, 0.1) is 0 Å². The summed E-state index contributed by atoms with van der Waals surface area (Å²) in [6.45, 7) is 5.55. The van der Waals surface area contributed by atoms with Gasteiger partial charge in [-0.05, 0) is 45.4 Å². The fourth-order valence-electron chi connectivity index (χ4n) is 3.49. The summed E-state index contributed by atoms with van der Waals surface area (Å²) in [6, 6.07) is 0.639. The van der Waals surface area contributed by atoms with Crippen molar-refractivity contribution in [3.63, 3.8) is 0 Å². The molecule has 2 aliphatic rings. The van der Waals surface area contributed by atoms with Gasteiger partial charge in [0.2, 0.25) is 0 Å². The molecule has 2 N–H and O–H groups in total. The number of carboxylic acid groups (broad SMARTS) is 1. The second-order valence-electron chi connectivity index (χ2n) is 6.51. The summed E-state index contributed by atoms with van der Waals surface area (Å²) in [4.78, 5) is 25.0. The van der Waals surface area contributed by atoms with Crippen LogP contribution in [0.2, 0.25) is 0 Å². The minimum absolute atomic E-state index is 0.0781. The van der Waals surface area contributed by atoms with Crippen molar-refractivity contribution in [2.75, 3.05) is 13.1 Å². The Hall–Kier alpha value is -1.30. The average Bonchev–Trinajstić information content (AvgIpc) is 2.42. The smallest absolute Gasteiger partial charge is 0.331 e. The van der Waals surface area contributed by atoms with E-state index < -0.39 is 5.97 Å². The SMILES string of the molecule is CC1CCCC(C)N1NC(=O)N1CCCC(CC(=O)O)C1. The molecule has 0 aromatic heterocycles. The van der Waals surface area contributed by atoms with Crippen LogP contribution in [0.25, 0.3) is 0 Å². The number of carboxylic acids is 1. The number of hydrazine groups is 1. The molecule has 2 fully saturated rings. The molecule has 120 valence electrons. The Bertz CT molecular complexity index is 378. The Kier molecular flexibility index (Phi) is 5.45.